The highest BCUT2D eigenvalue weighted by Crippen LogP contribution is 2.68. The molecule has 1 aliphatic rings. The maximum absolute atomic E-state index is 12.1. The average Bonchev–Trinajstić information content (AvgIpc) is 2.53. The van der Waals surface area contributed by atoms with Crippen molar-refractivity contribution < 1.29 is 4.79 Å². The molecule has 1 aromatic heterocycles. The standard InChI is InChI=1S/C13H21N3O/c1-8-9(7-15-16-8)6-14-11(17)10-12(2,3)13(10,4)5/h7,10H,6H2,1-5H3,(H,14,17)(H,15,16). The summed E-state index contributed by atoms with van der Waals surface area (Å²) in [6.07, 6.45) is 1.76. The molecule has 4 heteroatoms. The van der Waals surface area contributed by atoms with Gasteiger partial charge in [-0.3, -0.25) is 9.89 Å². The highest BCUT2D eigenvalue weighted by Gasteiger charge is 2.68. The number of hydrogen-bond acceptors (Lipinski definition) is 2. The van der Waals surface area contributed by atoms with Crippen LogP contribution < -0.4 is 5.32 Å². The fraction of sp³-hybridized carbons (Fsp3) is 0.692. The number of nitrogens with one attached hydrogen (secondary N) is 2. The van der Waals surface area contributed by atoms with Gasteiger partial charge in [-0.15, -0.1) is 0 Å². The largest absolute Gasteiger partial charge is 0.352 e. The Bertz CT molecular complexity index is 431. The molecule has 0 unspecified atom stereocenters. The molecule has 1 fully saturated rings. The molecule has 2 N–H and O–H groups in total. The Morgan fingerprint density at radius 2 is 2.00 bits per heavy atom. The van der Waals surface area contributed by atoms with E-state index in [9.17, 15) is 4.79 Å². The van der Waals surface area contributed by atoms with Crippen molar-refractivity contribution in [2.24, 2.45) is 16.7 Å². The summed E-state index contributed by atoms with van der Waals surface area (Å²) in [4.78, 5) is 12.1. The quantitative estimate of drug-likeness (QED) is 0.842. The zero-order chi connectivity index (χ0) is 12.8. The average molecular weight is 235 g/mol. The molecule has 0 spiro atoms. The SMILES string of the molecule is Cc1[nH]ncc1CNC(=O)C1C(C)(C)C1(C)C. The number of carbonyl (C=O) groups excluding carboxylic acids is 1. The first-order valence-electron chi connectivity index (χ1n) is 6.05. The highest BCUT2D eigenvalue weighted by atomic mass is 16.2. The molecule has 0 atom stereocenters. The van der Waals surface area contributed by atoms with Crippen molar-refractivity contribution in [2.45, 2.75) is 41.2 Å². The molecule has 1 aromatic rings. The summed E-state index contributed by atoms with van der Waals surface area (Å²) in [7, 11) is 0. The summed E-state index contributed by atoms with van der Waals surface area (Å²) in [6, 6.07) is 0. The van der Waals surface area contributed by atoms with E-state index in [0.29, 0.717) is 6.54 Å². The third kappa shape index (κ3) is 1.75. The van der Waals surface area contributed by atoms with Crippen molar-refractivity contribution in [2.75, 3.05) is 0 Å². The lowest BCUT2D eigenvalue weighted by Crippen LogP contribution is -2.27. The lowest BCUT2D eigenvalue weighted by atomic mass is 10.0. The number of H-pyrrole nitrogens is 1. The zero-order valence-corrected chi connectivity index (χ0v) is 11.2. The molecule has 17 heavy (non-hydrogen) atoms. The second kappa shape index (κ2) is 3.59. The second-order valence-corrected chi connectivity index (χ2v) is 6.11. The van der Waals surface area contributed by atoms with Crippen LogP contribution in [0.1, 0.15) is 39.0 Å². The zero-order valence-electron chi connectivity index (χ0n) is 11.2. The van der Waals surface area contributed by atoms with Gasteiger partial charge in [0.05, 0.1) is 6.20 Å². The summed E-state index contributed by atoms with van der Waals surface area (Å²) in [5.74, 6) is 0.266. The number of aromatic nitrogens is 2. The first kappa shape index (κ1) is 12.1. The minimum Gasteiger partial charge on any atom is -0.352 e. The van der Waals surface area contributed by atoms with Crippen molar-refractivity contribution >= 4 is 5.91 Å². The van der Waals surface area contributed by atoms with Gasteiger partial charge in [0, 0.05) is 23.7 Å². The third-order valence-corrected chi connectivity index (χ3v) is 4.67. The van der Waals surface area contributed by atoms with Gasteiger partial charge in [0.15, 0.2) is 0 Å². The van der Waals surface area contributed by atoms with Gasteiger partial charge in [0.2, 0.25) is 5.91 Å². The minimum absolute atomic E-state index is 0.0997. The van der Waals surface area contributed by atoms with Crippen LogP contribution in [-0.2, 0) is 11.3 Å². The Balaban J connectivity index is 1.94. The number of nitrogens with zero attached hydrogens (tertiary/aromatic N) is 1. The third-order valence-electron chi connectivity index (χ3n) is 4.67. The molecule has 0 saturated heterocycles. The van der Waals surface area contributed by atoms with Crippen molar-refractivity contribution in [1.82, 2.24) is 15.5 Å². The van der Waals surface area contributed by atoms with Crippen molar-refractivity contribution in [3.05, 3.63) is 17.5 Å². The van der Waals surface area contributed by atoms with Crippen molar-refractivity contribution in [3.63, 3.8) is 0 Å². The fourth-order valence-corrected chi connectivity index (χ4v) is 2.69. The number of rotatable bonds is 3. The van der Waals surface area contributed by atoms with Crippen LogP contribution in [-0.4, -0.2) is 16.1 Å². The van der Waals surface area contributed by atoms with Crippen LogP contribution in [0.15, 0.2) is 6.20 Å². The van der Waals surface area contributed by atoms with E-state index in [0.717, 1.165) is 11.3 Å². The van der Waals surface area contributed by atoms with E-state index < -0.39 is 0 Å². The molecule has 0 aliphatic heterocycles. The number of amides is 1. The molecule has 2 rings (SSSR count). The lowest BCUT2D eigenvalue weighted by Gasteiger charge is -2.05. The molecular weight excluding hydrogens is 214 g/mol. The maximum atomic E-state index is 12.1. The second-order valence-electron chi connectivity index (χ2n) is 6.11. The van der Waals surface area contributed by atoms with E-state index in [1.807, 2.05) is 6.92 Å². The predicted molar refractivity (Wildman–Crippen MR) is 66.2 cm³/mol. The summed E-state index contributed by atoms with van der Waals surface area (Å²) >= 11 is 0. The summed E-state index contributed by atoms with van der Waals surface area (Å²) in [5, 5.41) is 9.81. The van der Waals surface area contributed by atoms with E-state index in [1.54, 1.807) is 6.20 Å². The maximum Gasteiger partial charge on any atom is 0.224 e. The summed E-state index contributed by atoms with van der Waals surface area (Å²) in [5.41, 5.74) is 2.26. The van der Waals surface area contributed by atoms with Crippen LogP contribution in [0, 0.1) is 23.7 Å². The summed E-state index contributed by atoms with van der Waals surface area (Å²) < 4.78 is 0. The number of hydrogen-bond donors (Lipinski definition) is 2. The molecule has 1 saturated carbocycles. The van der Waals surface area contributed by atoms with Gasteiger partial charge in [0.1, 0.15) is 0 Å². The van der Waals surface area contributed by atoms with Crippen molar-refractivity contribution in [3.8, 4) is 0 Å². The monoisotopic (exact) mass is 235 g/mol. The van der Waals surface area contributed by atoms with Gasteiger partial charge in [-0.25, -0.2) is 0 Å². The molecule has 1 heterocycles. The Morgan fingerprint density at radius 1 is 1.41 bits per heavy atom. The number of carbonyl (C=O) groups is 1. The Labute approximate surface area is 102 Å². The van der Waals surface area contributed by atoms with Gasteiger partial charge < -0.3 is 5.32 Å². The van der Waals surface area contributed by atoms with Crippen LogP contribution in [0.2, 0.25) is 0 Å². The molecular formula is C13H21N3O. The van der Waals surface area contributed by atoms with Crippen LogP contribution in [0.25, 0.3) is 0 Å². The van der Waals surface area contributed by atoms with Crippen molar-refractivity contribution in [1.29, 1.82) is 0 Å². The van der Waals surface area contributed by atoms with E-state index in [-0.39, 0.29) is 22.7 Å². The fourth-order valence-electron chi connectivity index (χ4n) is 2.69. The van der Waals surface area contributed by atoms with E-state index in [2.05, 4.69) is 43.2 Å². The predicted octanol–water partition coefficient (Wildman–Crippen LogP) is 2.02. The van der Waals surface area contributed by atoms with Crippen LogP contribution in [0.5, 0.6) is 0 Å². The van der Waals surface area contributed by atoms with E-state index >= 15 is 0 Å². The molecule has 4 nitrogen and oxygen atoms in total. The first-order valence-corrected chi connectivity index (χ1v) is 6.05. The van der Waals surface area contributed by atoms with E-state index in [4.69, 9.17) is 0 Å². The minimum atomic E-state index is 0.0997. The van der Waals surface area contributed by atoms with E-state index in [1.165, 1.54) is 0 Å². The Kier molecular flexibility index (Phi) is 2.56. The van der Waals surface area contributed by atoms with Gasteiger partial charge in [-0.1, -0.05) is 27.7 Å². The molecule has 0 radical (unpaired) electrons. The van der Waals surface area contributed by atoms with Gasteiger partial charge in [-0.05, 0) is 17.8 Å². The Hall–Kier alpha value is -1.32. The molecule has 1 aliphatic carbocycles. The van der Waals surface area contributed by atoms with Crippen LogP contribution in [0.4, 0.5) is 0 Å². The summed E-state index contributed by atoms with van der Waals surface area (Å²) in [6.45, 7) is 11.1. The van der Waals surface area contributed by atoms with Gasteiger partial charge in [-0.2, -0.15) is 5.10 Å². The number of aryl methyl sites for hydroxylation is 1. The molecule has 94 valence electrons. The van der Waals surface area contributed by atoms with Gasteiger partial charge >= 0.3 is 0 Å². The molecule has 0 bridgehead atoms. The molecule has 1 amide bonds. The first-order chi connectivity index (χ1) is 7.78. The van der Waals surface area contributed by atoms with Gasteiger partial charge in [0.25, 0.3) is 0 Å². The number of aromatic amines is 1. The molecule has 0 aromatic carbocycles. The van der Waals surface area contributed by atoms with Crippen LogP contribution in [0.3, 0.4) is 0 Å². The normalized spacial score (nSPS) is 21.2. The lowest BCUT2D eigenvalue weighted by molar-refractivity contribution is -0.123. The smallest absolute Gasteiger partial charge is 0.224 e. The topological polar surface area (TPSA) is 57.8 Å². The Morgan fingerprint density at radius 3 is 2.41 bits per heavy atom. The van der Waals surface area contributed by atoms with Crippen LogP contribution >= 0.6 is 0 Å². The highest BCUT2D eigenvalue weighted by molar-refractivity contribution is 5.84.